The summed E-state index contributed by atoms with van der Waals surface area (Å²) in [5.74, 6) is 0.660. The maximum Gasteiger partial charge on any atom is 0.410 e. The summed E-state index contributed by atoms with van der Waals surface area (Å²) in [7, 11) is 0. The van der Waals surface area contributed by atoms with E-state index in [2.05, 4.69) is 5.16 Å². The molecule has 2 aromatic rings. The van der Waals surface area contributed by atoms with Gasteiger partial charge in [-0.3, -0.25) is 0 Å². The number of carbonyl (C=O) groups is 1. The maximum absolute atomic E-state index is 12.8. The molecule has 144 valence electrons. The van der Waals surface area contributed by atoms with Gasteiger partial charge in [-0.05, 0) is 38.7 Å². The molecule has 1 aromatic heterocycles. The molecule has 0 radical (unpaired) electrons. The molecular weight excluding hydrogens is 344 g/mol. The predicted octanol–water partition coefficient (Wildman–Crippen LogP) is 3.83. The second-order valence-corrected chi connectivity index (χ2v) is 7.83. The van der Waals surface area contributed by atoms with E-state index in [0.717, 1.165) is 36.1 Å². The van der Waals surface area contributed by atoms with Gasteiger partial charge in [0.1, 0.15) is 12.4 Å². The third-order valence-corrected chi connectivity index (χ3v) is 5.92. The number of aliphatic hydroxyl groups is 1. The van der Waals surface area contributed by atoms with Gasteiger partial charge in [0, 0.05) is 30.5 Å². The van der Waals surface area contributed by atoms with Crippen LogP contribution in [0.3, 0.4) is 0 Å². The van der Waals surface area contributed by atoms with Crippen LogP contribution in [-0.4, -0.2) is 33.3 Å². The molecule has 1 N–H and O–H groups in total. The Balaban J connectivity index is 1.51. The molecule has 27 heavy (non-hydrogen) atoms. The number of carbonyl (C=O) groups excluding carboxylic acids is 1. The van der Waals surface area contributed by atoms with E-state index in [1.54, 1.807) is 0 Å². The second-order valence-electron chi connectivity index (χ2n) is 7.83. The zero-order chi connectivity index (χ0) is 19.0. The molecular formula is C21H26N2O4. The molecule has 1 amide bonds. The van der Waals surface area contributed by atoms with E-state index in [1.165, 1.54) is 0 Å². The lowest BCUT2D eigenvalue weighted by Crippen LogP contribution is -2.59. The maximum atomic E-state index is 12.8. The quantitative estimate of drug-likeness (QED) is 0.888. The first kappa shape index (κ1) is 18.0. The topological polar surface area (TPSA) is 75.8 Å². The van der Waals surface area contributed by atoms with Gasteiger partial charge in [-0.1, -0.05) is 35.5 Å². The summed E-state index contributed by atoms with van der Waals surface area (Å²) < 4.78 is 10.9. The van der Waals surface area contributed by atoms with E-state index in [9.17, 15) is 9.90 Å². The fourth-order valence-corrected chi connectivity index (χ4v) is 4.87. The number of benzene rings is 1. The van der Waals surface area contributed by atoms with Crippen molar-refractivity contribution in [2.24, 2.45) is 0 Å². The Morgan fingerprint density at radius 3 is 2.52 bits per heavy atom. The molecule has 4 rings (SSSR count). The number of aromatic nitrogens is 1. The molecule has 2 fully saturated rings. The third kappa shape index (κ3) is 3.34. The molecule has 2 saturated heterocycles. The van der Waals surface area contributed by atoms with Crippen LogP contribution in [0.15, 0.2) is 34.9 Å². The monoisotopic (exact) mass is 370 g/mol. The smallest absolute Gasteiger partial charge is 0.410 e. The Hall–Kier alpha value is -2.34. The molecule has 0 spiro atoms. The van der Waals surface area contributed by atoms with Crippen molar-refractivity contribution in [3.8, 4) is 0 Å². The van der Waals surface area contributed by atoms with Crippen molar-refractivity contribution in [3.05, 3.63) is 52.9 Å². The number of ether oxygens (including phenoxy) is 1. The van der Waals surface area contributed by atoms with E-state index >= 15 is 0 Å². The minimum Gasteiger partial charge on any atom is -0.445 e. The number of fused-ring (bicyclic) bond motifs is 2. The molecule has 2 unspecified atom stereocenters. The zero-order valence-electron chi connectivity index (χ0n) is 15.9. The van der Waals surface area contributed by atoms with Crippen LogP contribution in [0, 0.1) is 13.8 Å². The fourth-order valence-electron chi connectivity index (χ4n) is 4.87. The van der Waals surface area contributed by atoms with E-state index in [0.29, 0.717) is 18.6 Å². The average Bonchev–Trinajstić information content (AvgIpc) is 2.99. The number of hydrogen-bond donors (Lipinski definition) is 1. The van der Waals surface area contributed by atoms with Crippen LogP contribution < -0.4 is 0 Å². The van der Waals surface area contributed by atoms with E-state index in [1.807, 2.05) is 49.1 Å². The minimum absolute atomic E-state index is 0.0283. The van der Waals surface area contributed by atoms with Gasteiger partial charge >= 0.3 is 6.09 Å². The number of rotatable bonds is 3. The third-order valence-electron chi connectivity index (χ3n) is 5.92. The van der Waals surface area contributed by atoms with Gasteiger partial charge in [0.2, 0.25) is 0 Å². The van der Waals surface area contributed by atoms with Crippen molar-refractivity contribution in [1.29, 1.82) is 0 Å². The Morgan fingerprint density at radius 2 is 1.93 bits per heavy atom. The standard InChI is InChI=1S/C21H26N2O4/c1-14-19(15(2)27-22-14)21(25)11-17-9-6-10-18(12-21)23(17)20(24)26-13-16-7-4-3-5-8-16/h3-5,7-8,17-18,25H,6,9-13H2,1-2H3. The molecule has 0 saturated carbocycles. The molecule has 2 aliphatic rings. The summed E-state index contributed by atoms with van der Waals surface area (Å²) >= 11 is 0. The van der Waals surface area contributed by atoms with Gasteiger partial charge in [0.05, 0.1) is 11.3 Å². The molecule has 6 nitrogen and oxygen atoms in total. The van der Waals surface area contributed by atoms with Gasteiger partial charge in [0.25, 0.3) is 0 Å². The summed E-state index contributed by atoms with van der Waals surface area (Å²) in [6.45, 7) is 3.97. The lowest BCUT2D eigenvalue weighted by Gasteiger charge is -2.51. The highest BCUT2D eigenvalue weighted by atomic mass is 16.6. The normalized spacial score (nSPS) is 27.4. The van der Waals surface area contributed by atoms with Crippen LogP contribution in [0.25, 0.3) is 0 Å². The minimum atomic E-state index is -1.000. The van der Waals surface area contributed by atoms with Crippen molar-refractivity contribution in [1.82, 2.24) is 10.1 Å². The summed E-state index contributed by atoms with van der Waals surface area (Å²) in [4.78, 5) is 14.7. The van der Waals surface area contributed by atoms with Crippen LogP contribution in [0.5, 0.6) is 0 Å². The molecule has 6 heteroatoms. The second kappa shape index (κ2) is 7.00. The van der Waals surface area contributed by atoms with Gasteiger partial charge in [0.15, 0.2) is 0 Å². The van der Waals surface area contributed by atoms with Gasteiger partial charge < -0.3 is 19.3 Å². The summed E-state index contributed by atoms with van der Waals surface area (Å²) in [5.41, 5.74) is 1.49. The Labute approximate surface area is 159 Å². The van der Waals surface area contributed by atoms with Crippen molar-refractivity contribution in [3.63, 3.8) is 0 Å². The number of piperidine rings is 2. The highest BCUT2D eigenvalue weighted by Gasteiger charge is 2.50. The van der Waals surface area contributed by atoms with Gasteiger partial charge in [-0.15, -0.1) is 0 Å². The van der Waals surface area contributed by atoms with Crippen LogP contribution in [0.4, 0.5) is 4.79 Å². The zero-order valence-corrected chi connectivity index (χ0v) is 15.9. The van der Waals surface area contributed by atoms with Crippen molar-refractivity contribution in [2.45, 2.75) is 70.2 Å². The molecule has 0 aliphatic carbocycles. The van der Waals surface area contributed by atoms with Crippen LogP contribution in [0.1, 0.15) is 54.7 Å². The van der Waals surface area contributed by atoms with E-state index in [4.69, 9.17) is 9.26 Å². The van der Waals surface area contributed by atoms with Crippen molar-refractivity contribution < 1.29 is 19.2 Å². The number of aryl methyl sites for hydroxylation is 2. The van der Waals surface area contributed by atoms with Gasteiger partial charge in [-0.25, -0.2) is 4.79 Å². The average molecular weight is 370 g/mol. The van der Waals surface area contributed by atoms with Crippen molar-refractivity contribution in [2.75, 3.05) is 0 Å². The fraction of sp³-hybridized carbons (Fsp3) is 0.524. The summed E-state index contributed by atoms with van der Waals surface area (Å²) in [6, 6.07) is 9.64. The summed E-state index contributed by atoms with van der Waals surface area (Å²) in [5, 5.41) is 15.4. The Morgan fingerprint density at radius 1 is 1.26 bits per heavy atom. The van der Waals surface area contributed by atoms with Crippen LogP contribution in [0.2, 0.25) is 0 Å². The Bertz CT molecular complexity index is 783. The summed E-state index contributed by atoms with van der Waals surface area (Å²) in [6.07, 6.45) is 3.52. The highest BCUT2D eigenvalue weighted by molar-refractivity contribution is 5.69. The molecule has 1 aromatic carbocycles. The first-order chi connectivity index (χ1) is 13.0. The van der Waals surface area contributed by atoms with Crippen molar-refractivity contribution >= 4 is 6.09 Å². The number of hydrogen-bond acceptors (Lipinski definition) is 5. The molecule has 2 atom stereocenters. The first-order valence-corrected chi connectivity index (χ1v) is 9.63. The molecule has 3 heterocycles. The van der Waals surface area contributed by atoms with Gasteiger partial charge in [-0.2, -0.15) is 0 Å². The largest absolute Gasteiger partial charge is 0.445 e. The van der Waals surface area contributed by atoms with Crippen LogP contribution >= 0.6 is 0 Å². The predicted molar refractivity (Wildman–Crippen MR) is 99.0 cm³/mol. The lowest BCUT2D eigenvalue weighted by atomic mass is 9.72. The number of amides is 1. The Kier molecular flexibility index (Phi) is 4.68. The first-order valence-electron chi connectivity index (χ1n) is 9.63. The molecule has 2 bridgehead atoms. The molecule has 2 aliphatic heterocycles. The number of nitrogens with zero attached hydrogens (tertiary/aromatic N) is 2. The van der Waals surface area contributed by atoms with E-state index in [-0.39, 0.29) is 24.8 Å². The van der Waals surface area contributed by atoms with E-state index < -0.39 is 5.60 Å². The van der Waals surface area contributed by atoms with Crippen LogP contribution in [-0.2, 0) is 16.9 Å². The highest BCUT2D eigenvalue weighted by Crippen LogP contribution is 2.46. The SMILES string of the molecule is Cc1noc(C)c1C1(O)CC2CCCC(C1)N2C(=O)OCc1ccccc1. The lowest BCUT2D eigenvalue weighted by molar-refractivity contribution is -0.0904.